The summed E-state index contributed by atoms with van der Waals surface area (Å²) in [5.41, 5.74) is 6.26. The van der Waals surface area contributed by atoms with Gasteiger partial charge in [-0.05, 0) is 96.6 Å². The number of ether oxygens (including phenoxy) is 2. The second-order valence-electron chi connectivity index (χ2n) is 15.5. The number of alkyl halides is 2. The summed E-state index contributed by atoms with van der Waals surface area (Å²) < 4.78 is 42.8. The Bertz CT molecular complexity index is 3070. The number of hydrogen-bond acceptors (Lipinski definition) is 12. The number of aromatic nitrogens is 10. The third-order valence-corrected chi connectivity index (χ3v) is 11.2. The number of pyridine rings is 4. The lowest BCUT2D eigenvalue weighted by molar-refractivity contribution is 0.0995. The summed E-state index contributed by atoms with van der Waals surface area (Å²) in [6, 6.07) is 26.0. The highest BCUT2D eigenvalue weighted by Crippen LogP contribution is 2.35. The molecule has 8 heterocycles. The average Bonchev–Trinajstić information content (AvgIpc) is 4.01. The van der Waals surface area contributed by atoms with Crippen LogP contribution in [0, 0.1) is 6.92 Å². The van der Waals surface area contributed by atoms with Crippen molar-refractivity contribution in [2.45, 2.75) is 45.4 Å². The van der Waals surface area contributed by atoms with Gasteiger partial charge in [0.1, 0.15) is 47.1 Å². The number of nitrogens with one attached hydrogen (secondary N) is 2. The molecule has 18 heteroatoms. The van der Waals surface area contributed by atoms with Crippen molar-refractivity contribution in [3.8, 4) is 51.0 Å². The lowest BCUT2D eigenvalue weighted by Gasteiger charge is -2.23. The molecule has 65 heavy (non-hydrogen) atoms. The largest absolute Gasteiger partial charge is 0.493 e. The Labute approximate surface area is 369 Å². The van der Waals surface area contributed by atoms with E-state index in [1.165, 1.54) is 12.3 Å². The van der Waals surface area contributed by atoms with Crippen LogP contribution in [0.4, 0.5) is 20.4 Å². The number of hydrogen-bond donors (Lipinski definition) is 2. The quantitative estimate of drug-likeness (QED) is 0.173. The Morgan fingerprint density at radius 3 is 2.28 bits per heavy atom. The standard InChI is InChI=1S/C47H38F2N12O4/c1-27-7-8-30(22-50-27)29-12-14-40-35(19-29)47(63)56-41-6-2-4-37(54-41)45-59-53-26-61(45)39(5-3-16-65-40)33-20-38-44-58-52-25-60(44)15-17-64-24-32-10-9-28(31-11-13-36(43(48)49)51-23-31)18-34(32)46(62)57-42(21-33)55-38/h2,4,6-14,18-23,25-26,39,43H,3,5,15-17,24H2,1H3,(H,54,56,63)(H,55,57,62)/t39-/m0/s1. The van der Waals surface area contributed by atoms with Crippen LogP contribution in [0.3, 0.4) is 0 Å². The van der Waals surface area contributed by atoms with Gasteiger partial charge in [0.15, 0.2) is 11.6 Å². The lowest BCUT2D eigenvalue weighted by atomic mass is 9.99. The molecule has 2 aliphatic heterocycles. The summed E-state index contributed by atoms with van der Waals surface area (Å²) in [6.07, 6.45) is 4.65. The lowest BCUT2D eigenvalue weighted by Crippen LogP contribution is -2.19. The van der Waals surface area contributed by atoms with E-state index in [0.29, 0.717) is 81.8 Å². The molecule has 2 aliphatic rings. The van der Waals surface area contributed by atoms with E-state index in [9.17, 15) is 18.4 Å². The second-order valence-corrected chi connectivity index (χ2v) is 15.5. The van der Waals surface area contributed by atoms with Crippen molar-refractivity contribution in [2.24, 2.45) is 0 Å². The van der Waals surface area contributed by atoms with Crippen LogP contribution in [0.1, 0.15) is 68.5 Å². The van der Waals surface area contributed by atoms with E-state index in [-0.39, 0.29) is 31.3 Å². The minimum absolute atomic E-state index is 0.120. The van der Waals surface area contributed by atoms with Crippen LogP contribution in [0.15, 0.2) is 116 Å². The van der Waals surface area contributed by atoms with Gasteiger partial charge in [0.25, 0.3) is 18.2 Å². The van der Waals surface area contributed by atoms with Gasteiger partial charge in [-0.2, -0.15) is 0 Å². The minimum Gasteiger partial charge on any atom is -0.493 e. The third-order valence-electron chi connectivity index (χ3n) is 11.2. The number of rotatable bonds is 4. The van der Waals surface area contributed by atoms with Crippen molar-refractivity contribution in [3.63, 3.8) is 0 Å². The highest BCUT2D eigenvalue weighted by molar-refractivity contribution is 6.07. The van der Waals surface area contributed by atoms with Crippen molar-refractivity contribution in [1.29, 1.82) is 0 Å². The van der Waals surface area contributed by atoms with Gasteiger partial charge >= 0.3 is 0 Å². The first-order chi connectivity index (χ1) is 31.7. The van der Waals surface area contributed by atoms with Crippen molar-refractivity contribution in [3.05, 3.63) is 150 Å². The van der Waals surface area contributed by atoms with Crippen LogP contribution < -0.4 is 15.4 Å². The zero-order chi connectivity index (χ0) is 44.4. The molecule has 4 bridgehead atoms. The molecular formula is C47H38F2N12O4. The van der Waals surface area contributed by atoms with E-state index >= 15 is 0 Å². The Balaban J connectivity index is 1.04. The average molecular weight is 873 g/mol. The van der Waals surface area contributed by atoms with Gasteiger partial charge in [-0.1, -0.05) is 36.4 Å². The molecule has 6 aromatic heterocycles. The number of anilines is 2. The summed E-state index contributed by atoms with van der Waals surface area (Å²) in [4.78, 5) is 46.4. The molecule has 0 fully saturated rings. The fourth-order valence-electron chi connectivity index (χ4n) is 7.91. The monoisotopic (exact) mass is 872 g/mol. The van der Waals surface area contributed by atoms with Gasteiger partial charge in [0, 0.05) is 41.3 Å². The highest BCUT2D eigenvalue weighted by atomic mass is 19.3. The summed E-state index contributed by atoms with van der Waals surface area (Å²) in [5, 5.41) is 23.4. The number of halogens is 2. The summed E-state index contributed by atoms with van der Waals surface area (Å²) in [5.74, 6) is 0.973. The number of benzene rings is 2. The van der Waals surface area contributed by atoms with Gasteiger partial charge in [0.05, 0.1) is 31.4 Å². The predicted molar refractivity (Wildman–Crippen MR) is 234 cm³/mol. The number of fused-ring (bicyclic) bond motifs is 10. The Morgan fingerprint density at radius 2 is 1.46 bits per heavy atom. The molecule has 324 valence electrons. The van der Waals surface area contributed by atoms with E-state index < -0.39 is 24.3 Å². The molecule has 0 aliphatic carbocycles. The van der Waals surface area contributed by atoms with E-state index in [4.69, 9.17) is 19.4 Å². The molecule has 8 aromatic rings. The normalized spacial score (nSPS) is 15.3. The van der Waals surface area contributed by atoms with Crippen LogP contribution in [0.5, 0.6) is 5.75 Å². The minimum atomic E-state index is -2.71. The maximum atomic E-state index is 14.4. The van der Waals surface area contributed by atoms with E-state index in [2.05, 4.69) is 41.0 Å². The maximum Gasteiger partial charge on any atom is 0.280 e. The molecule has 0 saturated heterocycles. The van der Waals surface area contributed by atoms with Gasteiger partial charge in [-0.25, -0.2) is 18.7 Å². The zero-order valence-electron chi connectivity index (χ0n) is 34.7. The Morgan fingerprint density at radius 1 is 0.723 bits per heavy atom. The first kappa shape index (κ1) is 40.9. The van der Waals surface area contributed by atoms with Crippen molar-refractivity contribution in [2.75, 3.05) is 23.8 Å². The molecule has 0 spiro atoms. The molecule has 2 aromatic carbocycles. The molecule has 2 amide bonds. The molecule has 1 atom stereocenters. The van der Waals surface area contributed by atoms with E-state index in [1.54, 1.807) is 79.5 Å². The van der Waals surface area contributed by atoms with Crippen LogP contribution >= 0.6 is 0 Å². The molecule has 2 N–H and O–H groups in total. The highest BCUT2D eigenvalue weighted by Gasteiger charge is 2.26. The molecular weight excluding hydrogens is 835 g/mol. The van der Waals surface area contributed by atoms with Gasteiger partial charge in [-0.15, -0.1) is 20.4 Å². The van der Waals surface area contributed by atoms with Crippen molar-refractivity contribution < 1.29 is 27.8 Å². The number of nitrogens with zero attached hydrogens (tertiary/aromatic N) is 10. The first-order valence-electron chi connectivity index (χ1n) is 20.8. The molecule has 0 unspecified atom stereocenters. The zero-order valence-corrected chi connectivity index (χ0v) is 34.7. The second kappa shape index (κ2) is 17.6. The predicted octanol–water partition coefficient (Wildman–Crippen LogP) is 8.16. The van der Waals surface area contributed by atoms with Gasteiger partial charge in [0.2, 0.25) is 0 Å². The number of carbonyl (C=O) groups is 2. The molecule has 0 saturated carbocycles. The molecule has 0 radical (unpaired) electrons. The van der Waals surface area contributed by atoms with Crippen molar-refractivity contribution >= 4 is 23.5 Å². The van der Waals surface area contributed by atoms with E-state index in [0.717, 1.165) is 22.4 Å². The summed E-state index contributed by atoms with van der Waals surface area (Å²) in [7, 11) is 0. The third kappa shape index (κ3) is 8.53. The van der Waals surface area contributed by atoms with Crippen LogP contribution in [0.2, 0.25) is 0 Å². The number of amides is 2. The number of carbonyl (C=O) groups excluding carboxylic acids is 2. The maximum absolute atomic E-state index is 14.4. The van der Waals surface area contributed by atoms with Crippen molar-refractivity contribution in [1.82, 2.24) is 49.5 Å². The first-order valence-corrected chi connectivity index (χ1v) is 20.8. The fourth-order valence-corrected chi connectivity index (χ4v) is 7.91. The van der Waals surface area contributed by atoms with Gasteiger partial charge < -0.3 is 29.2 Å². The fraction of sp³-hybridized carbons (Fsp3) is 0.191. The number of aryl methyl sites for hydroxylation is 1. The Hall–Kier alpha value is -8.12. The smallest absolute Gasteiger partial charge is 0.280 e. The Kier molecular flexibility index (Phi) is 11.1. The molecule has 10 rings (SSSR count). The van der Waals surface area contributed by atoms with Crippen LogP contribution in [0.25, 0.3) is 45.3 Å². The van der Waals surface area contributed by atoms with Gasteiger partial charge in [-0.3, -0.25) is 19.6 Å². The summed E-state index contributed by atoms with van der Waals surface area (Å²) >= 11 is 0. The molecule has 16 nitrogen and oxygen atoms in total. The topological polar surface area (TPSA) is 190 Å². The summed E-state index contributed by atoms with van der Waals surface area (Å²) in [6.45, 7) is 2.94. The SMILES string of the molecule is Cc1ccc(-c2ccc3c(c2)C(=O)Nc2cccc(n2)-c2nncn2[C@H](c2cc4nc(c2)-c2nncn2CCOCc2ccc(-c5ccc(C(F)F)nc5)cc2C(=O)N4)CCCO3)cn1. The van der Waals surface area contributed by atoms with Crippen LogP contribution in [-0.4, -0.2) is 74.5 Å². The van der Waals surface area contributed by atoms with E-state index in [1.807, 2.05) is 40.3 Å². The van der Waals surface area contributed by atoms with Crippen LogP contribution in [-0.2, 0) is 17.9 Å².